The summed E-state index contributed by atoms with van der Waals surface area (Å²) in [4.78, 5) is 0. The highest BCUT2D eigenvalue weighted by atomic mass is 127. The fourth-order valence-electron chi connectivity index (χ4n) is 2.32. The fourth-order valence-corrected chi connectivity index (χ4v) is 2.68. The molecule has 1 N–H and O–H groups in total. The number of methoxy groups -OCH3 is 2. The van der Waals surface area contributed by atoms with Gasteiger partial charge in [-0.25, -0.2) is 0 Å². The summed E-state index contributed by atoms with van der Waals surface area (Å²) < 4.78 is 12.0. The largest absolute Gasteiger partial charge is 0.497 e. The highest BCUT2D eigenvalue weighted by Gasteiger charge is 2.18. The lowest BCUT2D eigenvalue weighted by Gasteiger charge is -2.22. The molecule has 0 saturated carbocycles. The number of hydrogen-bond donors (Lipinski definition) is 1. The molecule has 2 aromatic rings. The first kappa shape index (κ1) is 16.1. The lowest BCUT2D eigenvalue weighted by Crippen LogP contribution is -2.22. The number of hydrogen-bond acceptors (Lipinski definition) is 3. The Balaban J connectivity index is 2.44. The Kier molecular flexibility index (Phi) is 5.87. The second-order valence-electron chi connectivity index (χ2n) is 4.65. The van der Waals surface area contributed by atoms with E-state index in [1.54, 1.807) is 14.2 Å². The third kappa shape index (κ3) is 3.89. The maximum absolute atomic E-state index is 5.54. The second kappa shape index (κ2) is 7.66. The van der Waals surface area contributed by atoms with E-state index in [9.17, 15) is 0 Å². The minimum absolute atomic E-state index is 0.104. The van der Waals surface area contributed by atoms with Crippen molar-refractivity contribution in [3.05, 3.63) is 57.2 Å². The van der Waals surface area contributed by atoms with E-state index in [4.69, 9.17) is 9.47 Å². The van der Waals surface area contributed by atoms with Gasteiger partial charge in [-0.05, 0) is 59.0 Å². The zero-order valence-corrected chi connectivity index (χ0v) is 14.7. The van der Waals surface area contributed by atoms with Crippen LogP contribution in [-0.2, 0) is 0 Å². The molecule has 2 rings (SSSR count). The summed E-state index contributed by atoms with van der Waals surface area (Å²) in [5.74, 6) is 1.63. The zero-order valence-electron chi connectivity index (χ0n) is 12.5. The average Bonchev–Trinajstić information content (AvgIpc) is 2.53. The van der Waals surface area contributed by atoms with Crippen molar-refractivity contribution in [3.8, 4) is 11.5 Å². The molecule has 1 atom stereocenters. The van der Waals surface area contributed by atoms with Gasteiger partial charge >= 0.3 is 0 Å². The maximum atomic E-state index is 5.54. The van der Waals surface area contributed by atoms with Crippen LogP contribution in [0, 0.1) is 3.57 Å². The fraction of sp³-hybridized carbons (Fsp3) is 0.294. The van der Waals surface area contributed by atoms with Crippen molar-refractivity contribution in [1.82, 2.24) is 5.32 Å². The molecule has 0 spiro atoms. The van der Waals surface area contributed by atoms with Crippen molar-refractivity contribution in [2.45, 2.75) is 13.0 Å². The van der Waals surface area contributed by atoms with Gasteiger partial charge in [0.05, 0.1) is 20.3 Å². The summed E-state index contributed by atoms with van der Waals surface area (Å²) in [5.41, 5.74) is 2.34. The number of halogens is 1. The SMILES string of the molecule is CCNC(c1ccc(I)cc1)c1ccc(OC)cc1OC. The Morgan fingerprint density at radius 3 is 2.33 bits per heavy atom. The molecule has 0 bridgehead atoms. The number of rotatable bonds is 6. The van der Waals surface area contributed by atoms with Gasteiger partial charge in [-0.3, -0.25) is 0 Å². The molecule has 0 aliphatic carbocycles. The van der Waals surface area contributed by atoms with E-state index in [1.807, 2.05) is 12.1 Å². The van der Waals surface area contributed by atoms with Crippen LogP contribution < -0.4 is 14.8 Å². The van der Waals surface area contributed by atoms with E-state index in [-0.39, 0.29) is 6.04 Å². The molecule has 2 aromatic carbocycles. The van der Waals surface area contributed by atoms with Crippen LogP contribution in [0.5, 0.6) is 11.5 Å². The van der Waals surface area contributed by atoms with E-state index in [2.05, 4.69) is 65.2 Å². The summed E-state index contributed by atoms with van der Waals surface area (Å²) >= 11 is 2.32. The monoisotopic (exact) mass is 397 g/mol. The van der Waals surface area contributed by atoms with Gasteiger partial charge in [0.15, 0.2) is 0 Å². The average molecular weight is 397 g/mol. The minimum Gasteiger partial charge on any atom is -0.497 e. The van der Waals surface area contributed by atoms with Crippen LogP contribution in [0.3, 0.4) is 0 Å². The molecule has 0 aliphatic heterocycles. The predicted octanol–water partition coefficient (Wildman–Crippen LogP) is 4.01. The van der Waals surface area contributed by atoms with Crippen LogP contribution in [0.15, 0.2) is 42.5 Å². The normalized spacial score (nSPS) is 12.0. The first-order chi connectivity index (χ1) is 10.2. The molecule has 0 fully saturated rings. The molecular formula is C17H20INO2. The van der Waals surface area contributed by atoms with Crippen molar-refractivity contribution in [3.63, 3.8) is 0 Å². The van der Waals surface area contributed by atoms with Gasteiger partial charge in [0.25, 0.3) is 0 Å². The molecule has 3 nitrogen and oxygen atoms in total. The quantitative estimate of drug-likeness (QED) is 0.748. The third-order valence-corrected chi connectivity index (χ3v) is 4.08. The molecule has 0 saturated heterocycles. The molecule has 21 heavy (non-hydrogen) atoms. The highest BCUT2D eigenvalue weighted by molar-refractivity contribution is 14.1. The first-order valence-corrected chi connectivity index (χ1v) is 7.98. The van der Waals surface area contributed by atoms with Crippen LogP contribution in [0.2, 0.25) is 0 Å². The van der Waals surface area contributed by atoms with Gasteiger partial charge in [-0.1, -0.05) is 19.1 Å². The van der Waals surface area contributed by atoms with Crippen LogP contribution in [0.1, 0.15) is 24.1 Å². The zero-order chi connectivity index (χ0) is 15.2. The van der Waals surface area contributed by atoms with Crippen molar-refractivity contribution in [2.75, 3.05) is 20.8 Å². The highest BCUT2D eigenvalue weighted by Crippen LogP contribution is 2.33. The minimum atomic E-state index is 0.104. The Labute approximate surface area is 139 Å². The molecule has 112 valence electrons. The van der Waals surface area contributed by atoms with E-state index >= 15 is 0 Å². The van der Waals surface area contributed by atoms with Crippen LogP contribution >= 0.6 is 22.6 Å². The summed E-state index contributed by atoms with van der Waals surface area (Å²) in [7, 11) is 3.35. The van der Waals surface area contributed by atoms with Crippen molar-refractivity contribution in [2.24, 2.45) is 0 Å². The molecule has 0 aliphatic rings. The molecule has 1 unspecified atom stereocenters. The molecular weight excluding hydrogens is 377 g/mol. The Morgan fingerprint density at radius 2 is 1.76 bits per heavy atom. The van der Waals surface area contributed by atoms with Gasteiger partial charge in [-0.15, -0.1) is 0 Å². The predicted molar refractivity (Wildman–Crippen MR) is 94.2 cm³/mol. The van der Waals surface area contributed by atoms with Crippen molar-refractivity contribution in [1.29, 1.82) is 0 Å². The molecule has 0 radical (unpaired) electrons. The summed E-state index contributed by atoms with van der Waals surface area (Å²) in [5, 5.41) is 3.52. The summed E-state index contributed by atoms with van der Waals surface area (Å²) in [6.07, 6.45) is 0. The number of benzene rings is 2. The maximum Gasteiger partial charge on any atom is 0.127 e. The van der Waals surface area contributed by atoms with Crippen molar-refractivity contribution < 1.29 is 9.47 Å². The smallest absolute Gasteiger partial charge is 0.127 e. The van der Waals surface area contributed by atoms with E-state index in [1.165, 1.54) is 9.13 Å². The topological polar surface area (TPSA) is 30.5 Å². The van der Waals surface area contributed by atoms with E-state index < -0.39 is 0 Å². The van der Waals surface area contributed by atoms with Gasteiger partial charge < -0.3 is 14.8 Å². The van der Waals surface area contributed by atoms with E-state index in [0.29, 0.717) is 0 Å². The summed E-state index contributed by atoms with van der Waals surface area (Å²) in [6, 6.07) is 14.6. The lowest BCUT2D eigenvalue weighted by molar-refractivity contribution is 0.387. The van der Waals surface area contributed by atoms with Gasteiger partial charge in [0.1, 0.15) is 11.5 Å². The summed E-state index contributed by atoms with van der Waals surface area (Å²) in [6.45, 7) is 2.99. The molecule has 0 amide bonds. The van der Waals surface area contributed by atoms with Crippen LogP contribution in [0.4, 0.5) is 0 Å². The van der Waals surface area contributed by atoms with Crippen molar-refractivity contribution >= 4 is 22.6 Å². The Hall–Kier alpha value is -1.27. The van der Waals surface area contributed by atoms with Crippen LogP contribution in [-0.4, -0.2) is 20.8 Å². The first-order valence-electron chi connectivity index (χ1n) is 6.90. The molecule has 0 heterocycles. The number of ether oxygens (including phenoxy) is 2. The standard InChI is InChI=1S/C17H20INO2/c1-4-19-17(12-5-7-13(18)8-6-12)15-10-9-14(20-2)11-16(15)21-3/h5-11,17,19H,4H2,1-3H3. The third-order valence-electron chi connectivity index (χ3n) is 3.36. The Morgan fingerprint density at radius 1 is 1.05 bits per heavy atom. The molecule has 0 aromatic heterocycles. The Bertz CT molecular complexity index is 584. The van der Waals surface area contributed by atoms with Crippen LogP contribution in [0.25, 0.3) is 0 Å². The number of nitrogens with one attached hydrogen (secondary N) is 1. The molecule has 4 heteroatoms. The van der Waals surface area contributed by atoms with Gasteiger partial charge in [0, 0.05) is 15.2 Å². The second-order valence-corrected chi connectivity index (χ2v) is 5.90. The van der Waals surface area contributed by atoms with Gasteiger partial charge in [-0.2, -0.15) is 0 Å². The van der Waals surface area contributed by atoms with E-state index in [0.717, 1.165) is 23.6 Å². The van der Waals surface area contributed by atoms with Gasteiger partial charge in [0.2, 0.25) is 0 Å². The lowest BCUT2D eigenvalue weighted by atomic mass is 9.97.